The summed E-state index contributed by atoms with van der Waals surface area (Å²) in [6.07, 6.45) is 7.14. The smallest absolute Gasteiger partial charge is 0.163 e. The molecule has 4 rings (SSSR count). The summed E-state index contributed by atoms with van der Waals surface area (Å²) in [5.74, 6) is 1.30. The average Bonchev–Trinajstić information content (AvgIpc) is 3.02. The molecule has 2 heterocycles. The molecule has 1 aliphatic heterocycles. The largest absolute Gasteiger partial charge is 0.391 e. The van der Waals surface area contributed by atoms with Gasteiger partial charge in [-0.05, 0) is 43.2 Å². The Morgan fingerprint density at radius 3 is 2.66 bits per heavy atom. The number of hydrogen-bond donors (Lipinski definition) is 2. The van der Waals surface area contributed by atoms with Crippen molar-refractivity contribution in [2.45, 2.75) is 26.0 Å². The van der Waals surface area contributed by atoms with Gasteiger partial charge in [0.05, 0.1) is 24.2 Å². The van der Waals surface area contributed by atoms with Crippen molar-refractivity contribution in [3.05, 3.63) is 83.7 Å². The van der Waals surface area contributed by atoms with E-state index in [9.17, 15) is 5.11 Å². The van der Waals surface area contributed by atoms with E-state index < -0.39 is 6.10 Å². The van der Waals surface area contributed by atoms with Gasteiger partial charge in [0.25, 0.3) is 0 Å². The number of allylic oxidation sites excluding steroid dienone is 3. The van der Waals surface area contributed by atoms with Gasteiger partial charge in [-0.3, -0.25) is 4.99 Å². The predicted octanol–water partition coefficient (Wildman–Crippen LogP) is 4.50. The molecular weight excluding hydrogens is 360 g/mol. The Balaban J connectivity index is 1.82. The summed E-state index contributed by atoms with van der Waals surface area (Å²) in [7, 11) is 0. The van der Waals surface area contributed by atoms with Gasteiger partial charge in [-0.2, -0.15) is 0 Å². The van der Waals surface area contributed by atoms with Crippen LogP contribution in [0.1, 0.15) is 29.9 Å². The maximum Gasteiger partial charge on any atom is 0.163 e. The van der Waals surface area contributed by atoms with Gasteiger partial charge < -0.3 is 10.4 Å². The van der Waals surface area contributed by atoms with Crippen LogP contribution in [0.4, 0.5) is 5.82 Å². The second kappa shape index (κ2) is 8.37. The topological polar surface area (TPSA) is 70.4 Å². The van der Waals surface area contributed by atoms with Crippen LogP contribution in [0.25, 0.3) is 16.5 Å². The first-order chi connectivity index (χ1) is 14.1. The molecule has 5 nitrogen and oxygen atoms in total. The molecule has 5 heteroatoms. The van der Waals surface area contributed by atoms with Crippen LogP contribution in [0.3, 0.4) is 0 Å². The number of anilines is 1. The van der Waals surface area contributed by atoms with E-state index in [1.165, 1.54) is 0 Å². The van der Waals surface area contributed by atoms with Crippen LogP contribution in [0, 0.1) is 6.92 Å². The number of aryl methyl sites for hydroxylation is 1. The lowest BCUT2D eigenvalue weighted by Crippen LogP contribution is -2.24. The Hall–Kier alpha value is -3.31. The molecule has 0 fully saturated rings. The Morgan fingerprint density at radius 1 is 1.03 bits per heavy atom. The van der Waals surface area contributed by atoms with Gasteiger partial charge in [-0.1, -0.05) is 48.6 Å². The summed E-state index contributed by atoms with van der Waals surface area (Å²) in [6.45, 7) is 4.49. The van der Waals surface area contributed by atoms with E-state index in [0.717, 1.165) is 27.6 Å². The third-order valence-corrected chi connectivity index (χ3v) is 5.01. The second-order valence-corrected chi connectivity index (χ2v) is 7.18. The van der Waals surface area contributed by atoms with Crippen molar-refractivity contribution in [1.82, 2.24) is 9.97 Å². The number of aliphatic hydroxyl groups is 1. The third-order valence-electron chi connectivity index (χ3n) is 5.01. The molecule has 0 saturated carbocycles. The number of nitrogens with zero attached hydrogens (tertiary/aromatic N) is 3. The van der Waals surface area contributed by atoms with Gasteiger partial charge >= 0.3 is 0 Å². The molecule has 2 atom stereocenters. The summed E-state index contributed by atoms with van der Waals surface area (Å²) < 4.78 is 0. The molecule has 0 radical (unpaired) electrons. The number of para-hydroxylation sites is 1. The van der Waals surface area contributed by atoms with Crippen LogP contribution in [0.5, 0.6) is 0 Å². The minimum atomic E-state index is -0.602. The van der Waals surface area contributed by atoms with E-state index >= 15 is 0 Å². The van der Waals surface area contributed by atoms with Gasteiger partial charge in [0.2, 0.25) is 0 Å². The number of aliphatic hydroxyl groups excluding tert-OH is 1. The molecule has 0 bridgehead atoms. The van der Waals surface area contributed by atoms with E-state index in [2.05, 4.69) is 23.3 Å². The van der Waals surface area contributed by atoms with Crippen molar-refractivity contribution in [3.8, 4) is 0 Å². The van der Waals surface area contributed by atoms with Crippen LogP contribution in [-0.4, -0.2) is 33.9 Å². The SMILES string of the molecule is Cc1ccccc1[C@@H](Nc1nc(C2=CC=CCN=C2)nc2ccccc12)[C@H](C)O. The molecule has 2 N–H and O–H groups in total. The molecule has 0 aliphatic carbocycles. The number of aromatic nitrogens is 2. The molecule has 0 unspecified atom stereocenters. The lowest BCUT2D eigenvalue weighted by molar-refractivity contribution is 0.172. The molecule has 0 saturated heterocycles. The standard InChI is InChI=1S/C24H24N4O/c1-16-9-3-4-11-19(16)22(17(2)29)27-24-20-12-5-6-13-21(20)26-23(28-24)18-10-7-8-14-25-15-18/h3-13,15,17,22,29H,14H2,1-2H3,(H,26,27,28)/t17-,22-/m0/s1. The number of benzene rings is 2. The van der Waals surface area contributed by atoms with Crippen LogP contribution < -0.4 is 5.32 Å². The maximum absolute atomic E-state index is 10.5. The van der Waals surface area contributed by atoms with Crippen molar-refractivity contribution in [1.29, 1.82) is 0 Å². The minimum absolute atomic E-state index is 0.293. The molecular formula is C24H24N4O. The normalized spacial score (nSPS) is 15.6. The fourth-order valence-electron chi connectivity index (χ4n) is 3.48. The molecule has 3 aromatic rings. The van der Waals surface area contributed by atoms with Crippen molar-refractivity contribution in [3.63, 3.8) is 0 Å². The summed E-state index contributed by atoms with van der Waals surface area (Å²) >= 11 is 0. The molecule has 2 aromatic carbocycles. The summed E-state index contributed by atoms with van der Waals surface area (Å²) in [5.41, 5.74) is 3.87. The number of aliphatic imine (C=N–C) groups is 1. The quantitative estimate of drug-likeness (QED) is 0.680. The zero-order valence-corrected chi connectivity index (χ0v) is 16.6. The van der Waals surface area contributed by atoms with Crippen molar-refractivity contribution >= 4 is 28.5 Å². The fraction of sp³-hybridized carbons (Fsp3) is 0.208. The number of rotatable bonds is 5. The highest BCUT2D eigenvalue weighted by molar-refractivity contribution is 6.09. The van der Waals surface area contributed by atoms with Gasteiger partial charge in [0.15, 0.2) is 5.82 Å². The molecule has 29 heavy (non-hydrogen) atoms. The van der Waals surface area contributed by atoms with Crippen molar-refractivity contribution in [2.75, 3.05) is 11.9 Å². The first kappa shape index (κ1) is 19.0. The lowest BCUT2D eigenvalue weighted by atomic mass is 9.97. The Morgan fingerprint density at radius 2 is 1.83 bits per heavy atom. The Kier molecular flexibility index (Phi) is 5.49. The summed E-state index contributed by atoms with van der Waals surface area (Å²) in [5, 5.41) is 14.9. The maximum atomic E-state index is 10.5. The predicted molar refractivity (Wildman–Crippen MR) is 119 cm³/mol. The second-order valence-electron chi connectivity index (χ2n) is 7.18. The van der Waals surface area contributed by atoms with Crippen LogP contribution >= 0.6 is 0 Å². The molecule has 1 aliphatic rings. The third kappa shape index (κ3) is 4.10. The zero-order chi connectivity index (χ0) is 20.2. The molecule has 0 amide bonds. The van der Waals surface area contributed by atoms with E-state index in [-0.39, 0.29) is 6.04 Å². The Labute approximate surface area is 170 Å². The highest BCUT2D eigenvalue weighted by Crippen LogP contribution is 2.29. The first-order valence-electron chi connectivity index (χ1n) is 9.77. The fourth-order valence-corrected chi connectivity index (χ4v) is 3.48. The van der Waals surface area contributed by atoms with E-state index in [4.69, 9.17) is 9.97 Å². The number of fused-ring (bicyclic) bond motifs is 1. The van der Waals surface area contributed by atoms with E-state index in [0.29, 0.717) is 18.2 Å². The molecule has 146 valence electrons. The average molecular weight is 384 g/mol. The summed E-state index contributed by atoms with van der Waals surface area (Å²) in [6, 6.07) is 15.7. The Bertz CT molecular complexity index is 1110. The van der Waals surface area contributed by atoms with E-state index in [1.807, 2.05) is 60.7 Å². The van der Waals surface area contributed by atoms with Crippen molar-refractivity contribution in [2.24, 2.45) is 4.99 Å². The highest BCUT2D eigenvalue weighted by atomic mass is 16.3. The van der Waals surface area contributed by atoms with Gasteiger partial charge in [-0.15, -0.1) is 0 Å². The minimum Gasteiger partial charge on any atom is -0.391 e. The summed E-state index contributed by atoms with van der Waals surface area (Å²) in [4.78, 5) is 13.9. The lowest BCUT2D eigenvalue weighted by Gasteiger charge is -2.25. The van der Waals surface area contributed by atoms with Gasteiger partial charge in [-0.25, -0.2) is 9.97 Å². The monoisotopic (exact) mass is 384 g/mol. The van der Waals surface area contributed by atoms with Gasteiger partial charge in [0.1, 0.15) is 5.82 Å². The van der Waals surface area contributed by atoms with Crippen LogP contribution in [0.15, 0.2) is 71.8 Å². The number of hydrogen-bond acceptors (Lipinski definition) is 5. The molecule has 0 spiro atoms. The molecule has 1 aromatic heterocycles. The highest BCUT2D eigenvalue weighted by Gasteiger charge is 2.21. The van der Waals surface area contributed by atoms with Crippen LogP contribution in [0.2, 0.25) is 0 Å². The number of nitrogens with one attached hydrogen (secondary N) is 1. The van der Waals surface area contributed by atoms with E-state index in [1.54, 1.807) is 13.1 Å². The van der Waals surface area contributed by atoms with Crippen LogP contribution in [-0.2, 0) is 0 Å². The van der Waals surface area contributed by atoms with Gasteiger partial charge in [0, 0.05) is 17.2 Å². The first-order valence-corrected chi connectivity index (χ1v) is 9.77. The van der Waals surface area contributed by atoms with Crippen molar-refractivity contribution < 1.29 is 5.11 Å². The zero-order valence-electron chi connectivity index (χ0n) is 16.6.